The number of ether oxygens (including phenoxy) is 1. The van der Waals surface area contributed by atoms with Crippen LogP contribution in [0.1, 0.15) is 22.4 Å². The number of benzene rings is 1. The van der Waals surface area contributed by atoms with E-state index >= 15 is 0 Å². The lowest BCUT2D eigenvalue weighted by Gasteiger charge is -2.17. The zero-order chi connectivity index (χ0) is 17.9. The maximum atomic E-state index is 12.4. The molecule has 1 atom stereocenters. The first-order chi connectivity index (χ1) is 11.4. The second-order valence-electron chi connectivity index (χ2n) is 5.75. The van der Waals surface area contributed by atoms with Gasteiger partial charge < -0.3 is 9.64 Å². The molecule has 0 aliphatic carbocycles. The lowest BCUT2D eigenvalue weighted by Crippen LogP contribution is -3.07. The molecule has 0 saturated carbocycles. The third-order valence-electron chi connectivity index (χ3n) is 3.90. The number of halogens is 1. The smallest absolute Gasteiger partial charge is 0.289 e. The van der Waals surface area contributed by atoms with E-state index in [2.05, 4.69) is 5.10 Å². The quantitative estimate of drug-likeness (QED) is 0.878. The van der Waals surface area contributed by atoms with E-state index in [9.17, 15) is 10.1 Å². The number of aromatic nitrogens is 2. The van der Waals surface area contributed by atoms with Crippen molar-refractivity contribution in [2.24, 2.45) is 0 Å². The van der Waals surface area contributed by atoms with E-state index in [0.29, 0.717) is 29.5 Å². The molecule has 1 aromatic carbocycles. The van der Waals surface area contributed by atoms with Crippen molar-refractivity contribution in [2.45, 2.75) is 27.1 Å². The van der Waals surface area contributed by atoms with Crippen LogP contribution in [0.2, 0.25) is 5.02 Å². The summed E-state index contributed by atoms with van der Waals surface area (Å²) in [6, 6.07) is 7.41. The molecule has 0 bridgehead atoms. The molecular formula is C17H20ClN4O2+. The Bertz CT molecular complexity index is 855. The Morgan fingerprint density at radius 1 is 1.42 bits per heavy atom. The van der Waals surface area contributed by atoms with E-state index < -0.39 is 0 Å². The van der Waals surface area contributed by atoms with Crippen LogP contribution in [-0.2, 0) is 13.2 Å². The molecule has 7 heteroatoms. The highest BCUT2D eigenvalue weighted by atomic mass is 35.5. The highest BCUT2D eigenvalue weighted by molar-refractivity contribution is 6.30. The van der Waals surface area contributed by atoms with Crippen molar-refractivity contribution in [3.63, 3.8) is 0 Å². The highest BCUT2D eigenvalue weighted by Crippen LogP contribution is 2.21. The molecule has 24 heavy (non-hydrogen) atoms. The fourth-order valence-corrected chi connectivity index (χ4v) is 2.73. The van der Waals surface area contributed by atoms with Crippen LogP contribution in [0.15, 0.2) is 23.0 Å². The van der Waals surface area contributed by atoms with Gasteiger partial charge in [-0.3, -0.25) is 4.79 Å². The van der Waals surface area contributed by atoms with Crippen LogP contribution in [0, 0.1) is 25.2 Å². The van der Waals surface area contributed by atoms with E-state index in [0.717, 1.165) is 16.2 Å². The summed E-state index contributed by atoms with van der Waals surface area (Å²) in [4.78, 5) is 13.4. The Labute approximate surface area is 145 Å². The van der Waals surface area contributed by atoms with Gasteiger partial charge in [0.25, 0.3) is 5.56 Å². The number of nitrogens with zero attached hydrogens (tertiary/aromatic N) is 3. The van der Waals surface area contributed by atoms with Gasteiger partial charge in [0.1, 0.15) is 23.9 Å². The predicted octanol–water partition coefficient (Wildman–Crippen LogP) is 1.07. The van der Waals surface area contributed by atoms with Gasteiger partial charge in [-0.1, -0.05) is 11.6 Å². The minimum absolute atomic E-state index is 0.149. The van der Waals surface area contributed by atoms with Gasteiger partial charge in [-0.25, -0.2) is 0 Å². The highest BCUT2D eigenvalue weighted by Gasteiger charge is 2.15. The first-order valence-corrected chi connectivity index (χ1v) is 7.87. The molecular weight excluding hydrogens is 328 g/mol. The Balaban J connectivity index is 2.27. The van der Waals surface area contributed by atoms with Crippen LogP contribution >= 0.6 is 11.6 Å². The van der Waals surface area contributed by atoms with Crippen molar-refractivity contribution in [3.05, 3.63) is 56.0 Å². The van der Waals surface area contributed by atoms with Gasteiger partial charge in [-0.05, 0) is 37.6 Å². The largest absolute Gasteiger partial charge is 0.496 e. The van der Waals surface area contributed by atoms with Crippen molar-refractivity contribution in [1.82, 2.24) is 9.78 Å². The van der Waals surface area contributed by atoms with Crippen LogP contribution in [0.5, 0.6) is 5.75 Å². The molecule has 0 fully saturated rings. The minimum Gasteiger partial charge on any atom is -0.496 e. The van der Waals surface area contributed by atoms with E-state index in [-0.39, 0.29) is 11.1 Å². The van der Waals surface area contributed by atoms with Crippen molar-refractivity contribution in [3.8, 4) is 11.8 Å². The molecule has 0 radical (unpaired) electrons. The molecule has 2 aromatic rings. The molecule has 0 aliphatic heterocycles. The lowest BCUT2D eigenvalue weighted by molar-refractivity contribution is -0.917. The molecule has 0 aliphatic rings. The lowest BCUT2D eigenvalue weighted by atomic mass is 10.1. The number of hydrogen-bond acceptors (Lipinski definition) is 4. The zero-order valence-electron chi connectivity index (χ0n) is 14.2. The molecule has 1 heterocycles. The van der Waals surface area contributed by atoms with Crippen molar-refractivity contribution >= 4 is 11.6 Å². The van der Waals surface area contributed by atoms with Gasteiger partial charge >= 0.3 is 0 Å². The molecule has 2 rings (SSSR count). The number of rotatable bonds is 5. The third-order valence-corrected chi connectivity index (χ3v) is 4.14. The molecule has 0 spiro atoms. The van der Waals surface area contributed by atoms with Gasteiger partial charge in [0, 0.05) is 10.6 Å². The summed E-state index contributed by atoms with van der Waals surface area (Å²) in [7, 11) is 3.55. The third kappa shape index (κ3) is 3.75. The number of nitrogens with one attached hydrogen (secondary N) is 1. The standard InChI is InChI=1S/C17H19ClN4O2/c1-11-12(2)20-22(17(23)15(11)8-19)10-21(3)9-13-7-14(18)5-6-16(13)24-4/h5-7H,9-10H2,1-4H3/p+1. The Hall–Kier alpha value is -2.36. The predicted molar refractivity (Wildman–Crippen MR) is 91.3 cm³/mol. The number of nitriles is 1. The van der Waals surface area contributed by atoms with Crippen LogP contribution < -0.4 is 15.2 Å². The maximum absolute atomic E-state index is 12.4. The monoisotopic (exact) mass is 347 g/mol. The molecule has 0 amide bonds. The fraction of sp³-hybridized carbons (Fsp3) is 0.353. The molecule has 1 N–H and O–H groups in total. The van der Waals surface area contributed by atoms with Crippen molar-refractivity contribution < 1.29 is 9.64 Å². The summed E-state index contributed by atoms with van der Waals surface area (Å²) in [6.07, 6.45) is 0. The average Bonchev–Trinajstić information content (AvgIpc) is 2.53. The van der Waals surface area contributed by atoms with E-state index in [1.165, 1.54) is 4.68 Å². The van der Waals surface area contributed by atoms with Crippen LogP contribution in [0.3, 0.4) is 0 Å². The average molecular weight is 348 g/mol. The van der Waals surface area contributed by atoms with Gasteiger partial charge in [0.15, 0.2) is 6.67 Å². The number of methoxy groups -OCH3 is 1. The minimum atomic E-state index is -0.363. The zero-order valence-corrected chi connectivity index (χ0v) is 14.9. The number of quaternary nitrogens is 1. The fourth-order valence-electron chi connectivity index (χ4n) is 2.53. The maximum Gasteiger partial charge on any atom is 0.289 e. The van der Waals surface area contributed by atoms with Gasteiger partial charge in [0.2, 0.25) is 0 Å². The molecule has 1 aromatic heterocycles. The van der Waals surface area contributed by atoms with E-state index in [4.69, 9.17) is 16.3 Å². The second kappa shape index (κ2) is 7.47. The SMILES string of the molecule is COc1ccc(Cl)cc1C[NH+](C)Cn1nc(C)c(C)c(C#N)c1=O. The first kappa shape index (κ1) is 18.0. The molecule has 6 nitrogen and oxygen atoms in total. The Morgan fingerprint density at radius 2 is 2.12 bits per heavy atom. The van der Waals surface area contributed by atoms with Crippen LogP contribution in [0.25, 0.3) is 0 Å². The molecule has 0 saturated heterocycles. The Morgan fingerprint density at radius 3 is 2.75 bits per heavy atom. The van der Waals surface area contributed by atoms with E-state index in [1.807, 2.05) is 25.2 Å². The van der Waals surface area contributed by atoms with Crippen LogP contribution in [0.4, 0.5) is 0 Å². The van der Waals surface area contributed by atoms with Crippen molar-refractivity contribution in [2.75, 3.05) is 14.2 Å². The van der Waals surface area contributed by atoms with Gasteiger partial charge in [-0.2, -0.15) is 15.0 Å². The second-order valence-corrected chi connectivity index (χ2v) is 6.19. The molecule has 126 valence electrons. The van der Waals surface area contributed by atoms with Gasteiger partial charge in [-0.15, -0.1) is 0 Å². The molecule has 1 unspecified atom stereocenters. The van der Waals surface area contributed by atoms with Gasteiger partial charge in [0.05, 0.1) is 19.9 Å². The normalized spacial score (nSPS) is 11.8. The first-order valence-electron chi connectivity index (χ1n) is 7.49. The van der Waals surface area contributed by atoms with Crippen molar-refractivity contribution in [1.29, 1.82) is 5.26 Å². The Kier molecular flexibility index (Phi) is 5.60. The summed E-state index contributed by atoms with van der Waals surface area (Å²) >= 11 is 6.05. The summed E-state index contributed by atoms with van der Waals surface area (Å²) in [5.41, 5.74) is 2.04. The summed E-state index contributed by atoms with van der Waals surface area (Å²) < 4.78 is 6.69. The summed E-state index contributed by atoms with van der Waals surface area (Å²) in [6.45, 7) is 4.47. The summed E-state index contributed by atoms with van der Waals surface area (Å²) in [5, 5.41) is 14.1. The number of hydrogen-bond donors (Lipinski definition) is 1. The topological polar surface area (TPSA) is 72.3 Å². The van der Waals surface area contributed by atoms with E-state index in [1.54, 1.807) is 27.0 Å². The van der Waals surface area contributed by atoms with Crippen LogP contribution in [-0.4, -0.2) is 23.9 Å². The number of aryl methyl sites for hydroxylation is 1. The summed E-state index contributed by atoms with van der Waals surface area (Å²) in [5.74, 6) is 0.747.